The number of fused-ring (bicyclic) bond motifs is 1. The molecule has 0 saturated carbocycles. The second kappa shape index (κ2) is 7.77. The monoisotopic (exact) mass is 439 g/mol. The molecule has 1 aromatic heterocycles. The first kappa shape index (κ1) is 18.9. The van der Waals surface area contributed by atoms with Crippen LogP contribution in [-0.4, -0.2) is 43.0 Å². The Morgan fingerprint density at radius 3 is 2.62 bits per heavy atom. The van der Waals surface area contributed by atoms with Gasteiger partial charge in [-0.3, -0.25) is 9.69 Å². The van der Waals surface area contributed by atoms with Crippen molar-refractivity contribution in [3.05, 3.63) is 58.1 Å². The summed E-state index contributed by atoms with van der Waals surface area (Å²) in [7, 11) is 3.77. The first-order valence-corrected chi connectivity index (χ1v) is 9.44. The van der Waals surface area contributed by atoms with E-state index in [0.29, 0.717) is 24.3 Å². The molecule has 0 N–H and O–H groups in total. The number of aromatic nitrogens is 1. The number of halogens is 3. The van der Waals surface area contributed by atoms with Crippen molar-refractivity contribution >= 4 is 48.5 Å². The number of nitrogens with zero attached hydrogens (tertiary/aromatic N) is 3. The highest BCUT2D eigenvalue weighted by Crippen LogP contribution is 2.31. The summed E-state index contributed by atoms with van der Waals surface area (Å²) in [6.45, 7) is 0.914. The standard InChI is InChI=1S/C18H16BrF2N3OS/c1-23(2)7-8-24(17(25)13-5-4-12(20)10-14(13)21)18-22-15-6-3-11(19)9-16(15)26-18/h3-6,9-10H,7-8H2,1-2H3. The van der Waals surface area contributed by atoms with E-state index in [4.69, 9.17) is 0 Å². The summed E-state index contributed by atoms with van der Waals surface area (Å²) in [5.74, 6) is -2.14. The maximum absolute atomic E-state index is 14.1. The number of anilines is 1. The molecule has 0 aliphatic rings. The predicted octanol–water partition coefficient (Wildman–Crippen LogP) is 4.55. The van der Waals surface area contributed by atoms with Crippen LogP contribution in [0.4, 0.5) is 13.9 Å². The largest absolute Gasteiger partial charge is 0.308 e. The Balaban J connectivity index is 2.01. The molecule has 0 aliphatic heterocycles. The van der Waals surface area contributed by atoms with E-state index >= 15 is 0 Å². The van der Waals surface area contributed by atoms with Crippen LogP contribution < -0.4 is 4.90 Å². The van der Waals surface area contributed by atoms with Gasteiger partial charge in [0.05, 0.1) is 15.8 Å². The molecule has 0 spiro atoms. The quantitative estimate of drug-likeness (QED) is 0.585. The summed E-state index contributed by atoms with van der Waals surface area (Å²) >= 11 is 4.77. The van der Waals surface area contributed by atoms with Gasteiger partial charge in [0.15, 0.2) is 5.13 Å². The van der Waals surface area contributed by atoms with Crippen LogP contribution in [0.5, 0.6) is 0 Å². The van der Waals surface area contributed by atoms with E-state index in [1.165, 1.54) is 22.3 Å². The Labute approximate surface area is 162 Å². The molecular weight excluding hydrogens is 424 g/mol. The van der Waals surface area contributed by atoms with E-state index < -0.39 is 17.5 Å². The fourth-order valence-corrected chi connectivity index (χ4v) is 3.94. The maximum Gasteiger partial charge on any atom is 0.263 e. The van der Waals surface area contributed by atoms with Crippen LogP contribution in [0.25, 0.3) is 10.2 Å². The van der Waals surface area contributed by atoms with Crippen LogP contribution in [0.1, 0.15) is 10.4 Å². The van der Waals surface area contributed by atoms with E-state index in [0.717, 1.165) is 20.8 Å². The zero-order valence-corrected chi connectivity index (χ0v) is 16.6. The van der Waals surface area contributed by atoms with E-state index in [1.807, 2.05) is 37.2 Å². The average molecular weight is 440 g/mol. The lowest BCUT2D eigenvalue weighted by atomic mass is 10.2. The molecule has 4 nitrogen and oxygen atoms in total. The molecule has 0 saturated heterocycles. The van der Waals surface area contributed by atoms with Crippen LogP contribution >= 0.6 is 27.3 Å². The second-order valence-corrected chi connectivity index (χ2v) is 7.92. The minimum Gasteiger partial charge on any atom is -0.308 e. The Morgan fingerprint density at radius 2 is 1.92 bits per heavy atom. The summed E-state index contributed by atoms with van der Waals surface area (Å²) in [5, 5.41) is 0.480. The van der Waals surface area contributed by atoms with Gasteiger partial charge in [0, 0.05) is 23.6 Å². The van der Waals surface area contributed by atoms with Gasteiger partial charge in [-0.05, 0) is 44.4 Å². The molecular formula is C18H16BrF2N3OS. The molecule has 0 unspecified atom stereocenters. The van der Waals surface area contributed by atoms with E-state index in [2.05, 4.69) is 20.9 Å². The van der Waals surface area contributed by atoms with Crippen LogP contribution in [0.15, 0.2) is 40.9 Å². The number of carbonyl (C=O) groups is 1. The molecule has 8 heteroatoms. The maximum atomic E-state index is 14.1. The van der Waals surface area contributed by atoms with Crippen LogP contribution in [0, 0.1) is 11.6 Å². The Bertz CT molecular complexity index is 961. The van der Waals surface area contributed by atoms with E-state index in [9.17, 15) is 13.6 Å². The van der Waals surface area contributed by atoms with Gasteiger partial charge in [0.25, 0.3) is 5.91 Å². The Morgan fingerprint density at radius 1 is 1.15 bits per heavy atom. The first-order valence-electron chi connectivity index (χ1n) is 7.83. The molecule has 0 atom stereocenters. The number of benzene rings is 2. The normalized spacial score (nSPS) is 11.3. The number of hydrogen-bond donors (Lipinski definition) is 0. The van der Waals surface area contributed by atoms with Crippen molar-refractivity contribution < 1.29 is 13.6 Å². The van der Waals surface area contributed by atoms with Crippen molar-refractivity contribution in [1.29, 1.82) is 0 Å². The molecule has 3 aromatic rings. The van der Waals surface area contributed by atoms with Gasteiger partial charge in [-0.15, -0.1) is 0 Å². The molecule has 0 aliphatic carbocycles. The van der Waals surface area contributed by atoms with Gasteiger partial charge < -0.3 is 4.90 Å². The fraction of sp³-hybridized carbons (Fsp3) is 0.222. The molecule has 0 bridgehead atoms. The summed E-state index contributed by atoms with van der Waals surface area (Å²) < 4.78 is 29.1. The zero-order chi connectivity index (χ0) is 18.8. The van der Waals surface area contributed by atoms with E-state index in [-0.39, 0.29) is 5.56 Å². The highest BCUT2D eigenvalue weighted by Gasteiger charge is 2.24. The SMILES string of the molecule is CN(C)CCN(C(=O)c1ccc(F)cc1F)c1nc2ccc(Br)cc2s1. The number of carbonyl (C=O) groups excluding carboxylic acids is 1. The third kappa shape index (κ3) is 4.08. The van der Waals surface area contributed by atoms with Crippen molar-refractivity contribution in [2.45, 2.75) is 0 Å². The number of rotatable bonds is 5. The smallest absolute Gasteiger partial charge is 0.263 e. The van der Waals surface area contributed by atoms with Crippen molar-refractivity contribution in [3.63, 3.8) is 0 Å². The summed E-state index contributed by atoms with van der Waals surface area (Å²) in [4.78, 5) is 20.8. The van der Waals surface area contributed by atoms with Crippen molar-refractivity contribution in [1.82, 2.24) is 9.88 Å². The van der Waals surface area contributed by atoms with Gasteiger partial charge in [0.2, 0.25) is 0 Å². The molecule has 1 amide bonds. The number of amides is 1. The highest BCUT2D eigenvalue weighted by molar-refractivity contribution is 9.10. The van der Waals surface area contributed by atoms with Gasteiger partial charge in [-0.2, -0.15) is 0 Å². The van der Waals surface area contributed by atoms with Gasteiger partial charge >= 0.3 is 0 Å². The highest BCUT2D eigenvalue weighted by atomic mass is 79.9. The van der Waals surface area contributed by atoms with Crippen molar-refractivity contribution in [3.8, 4) is 0 Å². The number of hydrogen-bond acceptors (Lipinski definition) is 4. The van der Waals surface area contributed by atoms with E-state index in [1.54, 1.807) is 0 Å². The fourth-order valence-electron chi connectivity index (χ4n) is 2.39. The number of thiazole rings is 1. The molecule has 136 valence electrons. The lowest BCUT2D eigenvalue weighted by molar-refractivity contribution is 0.0981. The third-order valence-electron chi connectivity index (χ3n) is 3.75. The zero-order valence-electron chi connectivity index (χ0n) is 14.2. The van der Waals surface area contributed by atoms with Crippen molar-refractivity contribution in [2.75, 3.05) is 32.1 Å². The molecule has 0 fully saturated rings. The minimum absolute atomic E-state index is 0.175. The summed E-state index contributed by atoms with van der Waals surface area (Å²) in [6, 6.07) is 8.61. The molecule has 3 rings (SSSR count). The molecule has 2 aromatic carbocycles. The lowest BCUT2D eigenvalue weighted by Gasteiger charge is -2.22. The second-order valence-electron chi connectivity index (χ2n) is 5.99. The predicted molar refractivity (Wildman–Crippen MR) is 104 cm³/mol. The van der Waals surface area contributed by atoms with Crippen molar-refractivity contribution in [2.24, 2.45) is 0 Å². The summed E-state index contributed by atoms with van der Waals surface area (Å²) in [5.41, 5.74) is 0.584. The van der Waals surface area contributed by atoms with Gasteiger partial charge in [-0.25, -0.2) is 13.8 Å². The van der Waals surface area contributed by atoms with Crippen LogP contribution in [0.2, 0.25) is 0 Å². The Hall–Kier alpha value is -1.90. The van der Waals surface area contributed by atoms with Crippen LogP contribution in [0.3, 0.4) is 0 Å². The molecule has 1 heterocycles. The first-order chi connectivity index (χ1) is 12.3. The minimum atomic E-state index is -0.881. The van der Waals surface area contributed by atoms with Crippen LogP contribution in [-0.2, 0) is 0 Å². The van der Waals surface area contributed by atoms with Gasteiger partial charge in [0.1, 0.15) is 11.6 Å². The topological polar surface area (TPSA) is 36.4 Å². The number of likely N-dealkylation sites (N-methyl/N-ethyl adjacent to an activating group) is 1. The average Bonchev–Trinajstić information content (AvgIpc) is 2.97. The lowest BCUT2D eigenvalue weighted by Crippen LogP contribution is -2.37. The Kier molecular flexibility index (Phi) is 5.64. The third-order valence-corrected chi connectivity index (χ3v) is 5.28. The molecule has 26 heavy (non-hydrogen) atoms. The summed E-state index contributed by atoms with van der Waals surface area (Å²) in [6.07, 6.45) is 0. The van der Waals surface area contributed by atoms with Gasteiger partial charge in [-0.1, -0.05) is 27.3 Å². The molecule has 0 radical (unpaired) electrons.